The molecule has 4 nitrogen and oxygen atoms in total. The lowest BCUT2D eigenvalue weighted by Gasteiger charge is -2.32. The largest absolute Gasteiger partial charge is 0.495 e. The standard InChI is InChI=1S/C14H19BrN2O2/c1-10(18)17-7-5-12(6-8-17)16-13-9-11(15)3-4-14(13)19-2/h3-4,9,12,16H,5-8H2,1-2H3. The van der Waals surface area contributed by atoms with E-state index in [0.717, 1.165) is 41.8 Å². The zero-order valence-corrected chi connectivity index (χ0v) is 12.9. The zero-order chi connectivity index (χ0) is 13.8. The van der Waals surface area contributed by atoms with Crippen LogP contribution in [-0.2, 0) is 4.79 Å². The number of rotatable bonds is 3. The first kappa shape index (κ1) is 14.2. The monoisotopic (exact) mass is 326 g/mol. The SMILES string of the molecule is COc1ccc(Br)cc1NC1CCN(C(C)=O)CC1. The molecule has 0 spiro atoms. The molecule has 1 saturated heterocycles. The number of carbonyl (C=O) groups excluding carboxylic acids is 1. The Hall–Kier alpha value is -1.23. The van der Waals surface area contributed by atoms with Crippen molar-refractivity contribution in [2.75, 3.05) is 25.5 Å². The summed E-state index contributed by atoms with van der Waals surface area (Å²) in [6.07, 6.45) is 1.94. The molecule has 0 aliphatic carbocycles. The normalized spacial score (nSPS) is 16.3. The summed E-state index contributed by atoms with van der Waals surface area (Å²) < 4.78 is 6.38. The van der Waals surface area contributed by atoms with Gasteiger partial charge < -0.3 is 15.0 Å². The third-order valence-electron chi connectivity index (χ3n) is 3.46. The summed E-state index contributed by atoms with van der Waals surface area (Å²) in [6.45, 7) is 3.28. The Labute approximate surface area is 122 Å². The summed E-state index contributed by atoms with van der Waals surface area (Å²) in [5.74, 6) is 1.01. The summed E-state index contributed by atoms with van der Waals surface area (Å²) >= 11 is 3.47. The van der Waals surface area contributed by atoms with Crippen molar-refractivity contribution >= 4 is 27.5 Å². The van der Waals surface area contributed by atoms with Gasteiger partial charge in [0.15, 0.2) is 0 Å². The highest BCUT2D eigenvalue weighted by Gasteiger charge is 2.21. The molecule has 0 atom stereocenters. The minimum Gasteiger partial charge on any atom is -0.495 e. The molecule has 1 N–H and O–H groups in total. The van der Waals surface area contributed by atoms with Gasteiger partial charge in [-0.25, -0.2) is 0 Å². The molecule has 5 heteroatoms. The number of amides is 1. The number of carbonyl (C=O) groups is 1. The van der Waals surface area contributed by atoms with E-state index in [9.17, 15) is 4.79 Å². The van der Waals surface area contributed by atoms with Crippen LogP contribution in [0.25, 0.3) is 0 Å². The molecule has 1 aromatic rings. The molecule has 1 aliphatic heterocycles. The molecule has 104 valence electrons. The number of hydrogen-bond acceptors (Lipinski definition) is 3. The average Bonchev–Trinajstić information content (AvgIpc) is 2.39. The number of anilines is 1. The van der Waals surface area contributed by atoms with Crippen molar-refractivity contribution in [3.05, 3.63) is 22.7 Å². The first-order chi connectivity index (χ1) is 9.10. The second-order valence-corrected chi connectivity index (χ2v) is 5.68. The average molecular weight is 327 g/mol. The summed E-state index contributed by atoms with van der Waals surface area (Å²) in [6, 6.07) is 6.31. The van der Waals surface area contributed by atoms with Crippen molar-refractivity contribution in [2.45, 2.75) is 25.8 Å². The van der Waals surface area contributed by atoms with Gasteiger partial charge in [0.05, 0.1) is 12.8 Å². The van der Waals surface area contributed by atoms with Crippen molar-refractivity contribution in [1.29, 1.82) is 0 Å². The summed E-state index contributed by atoms with van der Waals surface area (Å²) in [4.78, 5) is 13.2. The van der Waals surface area contributed by atoms with Crippen LogP contribution in [0.5, 0.6) is 5.75 Å². The van der Waals surface area contributed by atoms with E-state index in [1.807, 2.05) is 23.1 Å². The van der Waals surface area contributed by atoms with Crippen LogP contribution in [0.2, 0.25) is 0 Å². The van der Waals surface area contributed by atoms with Crippen molar-refractivity contribution < 1.29 is 9.53 Å². The minimum absolute atomic E-state index is 0.165. The Morgan fingerprint density at radius 1 is 1.42 bits per heavy atom. The number of benzene rings is 1. The lowest BCUT2D eigenvalue weighted by atomic mass is 10.0. The first-order valence-corrected chi connectivity index (χ1v) is 7.25. The summed E-state index contributed by atoms with van der Waals surface area (Å²) in [5, 5.41) is 3.51. The fourth-order valence-corrected chi connectivity index (χ4v) is 2.71. The van der Waals surface area contributed by atoms with Crippen molar-refractivity contribution in [1.82, 2.24) is 4.90 Å². The maximum atomic E-state index is 11.3. The van der Waals surface area contributed by atoms with Gasteiger partial charge in [0.2, 0.25) is 5.91 Å². The van der Waals surface area contributed by atoms with E-state index >= 15 is 0 Å². The van der Waals surface area contributed by atoms with E-state index < -0.39 is 0 Å². The van der Waals surface area contributed by atoms with E-state index in [0.29, 0.717) is 6.04 Å². The van der Waals surface area contributed by atoms with Crippen LogP contribution in [-0.4, -0.2) is 37.0 Å². The number of ether oxygens (including phenoxy) is 1. The Kier molecular flexibility index (Phi) is 4.69. The lowest BCUT2D eigenvalue weighted by molar-refractivity contribution is -0.129. The predicted octanol–water partition coefficient (Wildman–Crippen LogP) is 2.88. The van der Waals surface area contributed by atoms with Gasteiger partial charge in [0.25, 0.3) is 0 Å². The molecular formula is C14H19BrN2O2. The molecule has 2 rings (SSSR count). The van der Waals surface area contributed by atoms with Crippen LogP contribution in [0.1, 0.15) is 19.8 Å². The zero-order valence-electron chi connectivity index (χ0n) is 11.3. The predicted molar refractivity (Wildman–Crippen MR) is 79.6 cm³/mol. The van der Waals surface area contributed by atoms with Gasteiger partial charge in [0.1, 0.15) is 5.75 Å². The topological polar surface area (TPSA) is 41.6 Å². The number of halogens is 1. The van der Waals surface area contributed by atoms with Crippen molar-refractivity contribution in [2.24, 2.45) is 0 Å². The van der Waals surface area contributed by atoms with Gasteiger partial charge in [-0.1, -0.05) is 15.9 Å². The van der Waals surface area contributed by atoms with Gasteiger partial charge in [-0.3, -0.25) is 4.79 Å². The molecular weight excluding hydrogens is 308 g/mol. The fraction of sp³-hybridized carbons (Fsp3) is 0.500. The van der Waals surface area contributed by atoms with Gasteiger partial charge >= 0.3 is 0 Å². The number of nitrogens with zero attached hydrogens (tertiary/aromatic N) is 1. The second-order valence-electron chi connectivity index (χ2n) is 4.77. The number of hydrogen-bond donors (Lipinski definition) is 1. The second kappa shape index (κ2) is 6.28. The van der Waals surface area contributed by atoms with Crippen LogP contribution in [0, 0.1) is 0 Å². The van der Waals surface area contributed by atoms with Crippen LogP contribution < -0.4 is 10.1 Å². The molecule has 19 heavy (non-hydrogen) atoms. The number of nitrogens with one attached hydrogen (secondary N) is 1. The minimum atomic E-state index is 0.165. The summed E-state index contributed by atoms with van der Waals surface area (Å²) in [7, 11) is 1.67. The smallest absolute Gasteiger partial charge is 0.219 e. The van der Waals surface area contributed by atoms with Gasteiger partial charge in [-0.15, -0.1) is 0 Å². The number of likely N-dealkylation sites (tertiary alicyclic amines) is 1. The molecule has 0 aromatic heterocycles. The van der Waals surface area contributed by atoms with Gasteiger partial charge in [-0.05, 0) is 31.0 Å². The Morgan fingerprint density at radius 2 is 2.11 bits per heavy atom. The first-order valence-electron chi connectivity index (χ1n) is 6.45. The van der Waals surface area contributed by atoms with Crippen LogP contribution in [0.4, 0.5) is 5.69 Å². The quantitative estimate of drug-likeness (QED) is 0.928. The van der Waals surface area contributed by atoms with E-state index in [4.69, 9.17) is 4.74 Å². The Balaban J connectivity index is 1.99. The highest BCUT2D eigenvalue weighted by molar-refractivity contribution is 9.10. The number of piperidine rings is 1. The lowest BCUT2D eigenvalue weighted by Crippen LogP contribution is -2.41. The summed E-state index contributed by atoms with van der Waals surface area (Å²) in [5.41, 5.74) is 0.998. The molecule has 0 radical (unpaired) electrons. The highest BCUT2D eigenvalue weighted by Crippen LogP contribution is 2.29. The van der Waals surface area contributed by atoms with Crippen molar-refractivity contribution in [3.8, 4) is 5.75 Å². The van der Waals surface area contributed by atoms with E-state index in [2.05, 4.69) is 21.2 Å². The van der Waals surface area contributed by atoms with E-state index in [1.165, 1.54) is 0 Å². The van der Waals surface area contributed by atoms with Crippen molar-refractivity contribution in [3.63, 3.8) is 0 Å². The Morgan fingerprint density at radius 3 is 2.68 bits per heavy atom. The fourth-order valence-electron chi connectivity index (χ4n) is 2.35. The van der Waals surface area contributed by atoms with E-state index in [1.54, 1.807) is 14.0 Å². The third kappa shape index (κ3) is 3.62. The molecule has 0 unspecified atom stereocenters. The van der Waals surface area contributed by atoms with Crippen LogP contribution >= 0.6 is 15.9 Å². The van der Waals surface area contributed by atoms with E-state index in [-0.39, 0.29) is 5.91 Å². The van der Waals surface area contributed by atoms with Gasteiger partial charge in [0, 0.05) is 30.5 Å². The number of methoxy groups -OCH3 is 1. The molecule has 1 heterocycles. The highest BCUT2D eigenvalue weighted by atomic mass is 79.9. The Bertz CT molecular complexity index is 457. The van der Waals surface area contributed by atoms with Gasteiger partial charge in [-0.2, -0.15) is 0 Å². The molecule has 1 aliphatic rings. The molecule has 0 bridgehead atoms. The maximum Gasteiger partial charge on any atom is 0.219 e. The molecule has 0 saturated carbocycles. The maximum absolute atomic E-state index is 11.3. The van der Waals surface area contributed by atoms with Crippen LogP contribution in [0.15, 0.2) is 22.7 Å². The molecule has 1 amide bonds. The molecule has 1 fully saturated rings. The molecule has 1 aromatic carbocycles. The third-order valence-corrected chi connectivity index (χ3v) is 3.95. The van der Waals surface area contributed by atoms with Crippen LogP contribution in [0.3, 0.4) is 0 Å².